The molecule has 1 fully saturated rings. The summed E-state index contributed by atoms with van der Waals surface area (Å²) in [6, 6.07) is 0.106. The number of piperidine rings is 1. The van der Waals surface area contributed by atoms with Gasteiger partial charge in [-0.1, -0.05) is 6.92 Å². The summed E-state index contributed by atoms with van der Waals surface area (Å²) in [4.78, 5) is 25.3. The molecule has 1 saturated heterocycles. The van der Waals surface area contributed by atoms with E-state index in [1.165, 1.54) is 0 Å². The first-order chi connectivity index (χ1) is 8.56. The van der Waals surface area contributed by atoms with Crippen LogP contribution in [0, 0.1) is 0 Å². The molecule has 0 bridgehead atoms. The molecule has 0 saturated carbocycles. The van der Waals surface area contributed by atoms with E-state index in [0.29, 0.717) is 6.42 Å². The van der Waals surface area contributed by atoms with Gasteiger partial charge in [-0.15, -0.1) is 0 Å². The number of carbonyl (C=O) groups is 2. The number of nitrogens with zero attached hydrogens (tertiary/aromatic N) is 1. The Hall–Kier alpha value is -1.10. The maximum Gasteiger partial charge on any atom is 0.242 e. The summed E-state index contributed by atoms with van der Waals surface area (Å²) in [6.45, 7) is 4.74. The van der Waals surface area contributed by atoms with Gasteiger partial charge in [0.25, 0.3) is 0 Å². The average Bonchev–Trinajstić information content (AvgIpc) is 2.36. The monoisotopic (exact) mass is 255 g/mol. The van der Waals surface area contributed by atoms with Gasteiger partial charge in [-0.3, -0.25) is 9.59 Å². The van der Waals surface area contributed by atoms with Crippen molar-refractivity contribution in [3.05, 3.63) is 0 Å². The normalized spacial score (nSPS) is 21.5. The van der Waals surface area contributed by atoms with Crippen LogP contribution in [-0.4, -0.2) is 41.9 Å². The summed E-state index contributed by atoms with van der Waals surface area (Å²) >= 11 is 0. The van der Waals surface area contributed by atoms with Crippen LogP contribution in [0.4, 0.5) is 0 Å². The third kappa shape index (κ3) is 4.29. The van der Waals surface area contributed by atoms with Gasteiger partial charge in [0, 0.05) is 25.0 Å². The quantitative estimate of drug-likeness (QED) is 0.756. The maximum absolute atomic E-state index is 12.1. The number of likely N-dealkylation sites (tertiary alicyclic amines) is 1. The third-order valence-corrected chi connectivity index (χ3v) is 3.39. The van der Waals surface area contributed by atoms with E-state index in [4.69, 9.17) is 5.73 Å². The molecule has 0 aliphatic carbocycles. The molecule has 1 rings (SSSR count). The van der Waals surface area contributed by atoms with Crippen molar-refractivity contribution >= 4 is 11.8 Å². The van der Waals surface area contributed by atoms with Gasteiger partial charge >= 0.3 is 0 Å². The molecule has 1 aliphatic rings. The van der Waals surface area contributed by atoms with Gasteiger partial charge in [0.15, 0.2) is 0 Å². The number of rotatable bonds is 5. The van der Waals surface area contributed by atoms with E-state index in [9.17, 15) is 9.59 Å². The molecule has 0 aromatic carbocycles. The highest BCUT2D eigenvalue weighted by atomic mass is 16.2. The van der Waals surface area contributed by atoms with Crippen molar-refractivity contribution in [1.29, 1.82) is 0 Å². The fourth-order valence-electron chi connectivity index (χ4n) is 2.40. The Balaban J connectivity index is 2.45. The first kappa shape index (κ1) is 15.0. The number of amides is 2. The second kappa shape index (κ2) is 7.36. The van der Waals surface area contributed by atoms with Crippen molar-refractivity contribution in [1.82, 2.24) is 10.2 Å². The molecule has 2 atom stereocenters. The Bertz CT molecular complexity index is 292. The molecular weight excluding hydrogens is 230 g/mol. The molecule has 1 heterocycles. The second-order valence-electron chi connectivity index (χ2n) is 5.04. The number of hydrogen-bond acceptors (Lipinski definition) is 3. The summed E-state index contributed by atoms with van der Waals surface area (Å²) in [5.74, 6) is -0.0679. The van der Waals surface area contributed by atoms with Crippen LogP contribution in [0.1, 0.15) is 46.0 Å². The Morgan fingerprint density at radius 2 is 2.17 bits per heavy atom. The summed E-state index contributed by atoms with van der Waals surface area (Å²) in [7, 11) is 0. The first-order valence-electron chi connectivity index (χ1n) is 6.88. The van der Waals surface area contributed by atoms with Crippen molar-refractivity contribution in [2.45, 2.75) is 58.0 Å². The van der Waals surface area contributed by atoms with E-state index >= 15 is 0 Å². The molecule has 2 amide bonds. The van der Waals surface area contributed by atoms with Crippen LogP contribution in [-0.2, 0) is 9.59 Å². The SMILES string of the molecule is CCCC(=O)NCC(=O)N1CCCCC1C(C)N. The molecule has 0 aromatic heterocycles. The number of nitrogens with two attached hydrogens (primary N) is 1. The van der Waals surface area contributed by atoms with Crippen LogP contribution in [0.15, 0.2) is 0 Å². The lowest BCUT2D eigenvalue weighted by molar-refractivity contribution is -0.136. The minimum atomic E-state index is -0.0554. The second-order valence-corrected chi connectivity index (χ2v) is 5.04. The molecule has 5 nitrogen and oxygen atoms in total. The van der Waals surface area contributed by atoms with Gasteiger partial charge in [0.05, 0.1) is 6.54 Å². The molecule has 104 valence electrons. The van der Waals surface area contributed by atoms with Gasteiger partial charge in [0.1, 0.15) is 0 Å². The van der Waals surface area contributed by atoms with Gasteiger partial charge < -0.3 is 16.0 Å². The molecule has 3 N–H and O–H groups in total. The molecule has 18 heavy (non-hydrogen) atoms. The van der Waals surface area contributed by atoms with Crippen LogP contribution in [0.5, 0.6) is 0 Å². The first-order valence-corrected chi connectivity index (χ1v) is 6.88. The Labute approximate surface area is 109 Å². The van der Waals surface area contributed by atoms with Crippen molar-refractivity contribution in [2.75, 3.05) is 13.1 Å². The standard InChI is InChI=1S/C13H25N3O2/c1-3-6-12(17)15-9-13(18)16-8-5-4-7-11(16)10(2)14/h10-11H,3-9,14H2,1-2H3,(H,15,17). The molecule has 0 aromatic rings. The third-order valence-electron chi connectivity index (χ3n) is 3.39. The lowest BCUT2D eigenvalue weighted by Crippen LogP contribution is -2.54. The predicted molar refractivity (Wildman–Crippen MR) is 70.9 cm³/mol. The van der Waals surface area contributed by atoms with Crippen molar-refractivity contribution in [2.24, 2.45) is 5.73 Å². The van der Waals surface area contributed by atoms with Crippen LogP contribution in [0.3, 0.4) is 0 Å². The fourth-order valence-corrected chi connectivity index (χ4v) is 2.40. The predicted octanol–water partition coefficient (Wildman–Crippen LogP) is 0.631. The van der Waals surface area contributed by atoms with Gasteiger partial charge in [-0.05, 0) is 32.6 Å². The fraction of sp³-hybridized carbons (Fsp3) is 0.846. The summed E-state index contributed by atoms with van der Waals surface area (Å²) < 4.78 is 0. The number of nitrogens with one attached hydrogen (secondary N) is 1. The average molecular weight is 255 g/mol. The molecule has 0 spiro atoms. The van der Waals surface area contributed by atoms with Crippen LogP contribution in [0.25, 0.3) is 0 Å². The van der Waals surface area contributed by atoms with Gasteiger partial charge in [-0.2, -0.15) is 0 Å². The van der Waals surface area contributed by atoms with E-state index in [1.54, 1.807) is 0 Å². The minimum Gasteiger partial charge on any atom is -0.347 e. The molecule has 2 unspecified atom stereocenters. The highest BCUT2D eigenvalue weighted by molar-refractivity contribution is 5.84. The van der Waals surface area contributed by atoms with E-state index < -0.39 is 0 Å². The zero-order chi connectivity index (χ0) is 13.5. The minimum absolute atomic E-state index is 0.0125. The lowest BCUT2D eigenvalue weighted by Gasteiger charge is -2.38. The highest BCUT2D eigenvalue weighted by Crippen LogP contribution is 2.18. The molecular formula is C13H25N3O2. The lowest BCUT2D eigenvalue weighted by atomic mass is 9.97. The Morgan fingerprint density at radius 1 is 1.44 bits per heavy atom. The van der Waals surface area contributed by atoms with Crippen molar-refractivity contribution in [3.8, 4) is 0 Å². The summed E-state index contributed by atoms with van der Waals surface area (Å²) in [6.07, 6.45) is 4.39. The van der Waals surface area contributed by atoms with E-state index in [2.05, 4.69) is 5.32 Å². The molecule has 5 heteroatoms. The van der Waals surface area contributed by atoms with E-state index in [0.717, 1.165) is 32.2 Å². The zero-order valence-corrected chi connectivity index (χ0v) is 11.4. The maximum atomic E-state index is 12.1. The Kier molecular flexibility index (Phi) is 6.12. The van der Waals surface area contributed by atoms with Gasteiger partial charge in [0.2, 0.25) is 11.8 Å². The Morgan fingerprint density at radius 3 is 2.78 bits per heavy atom. The van der Waals surface area contributed by atoms with E-state index in [1.807, 2.05) is 18.7 Å². The smallest absolute Gasteiger partial charge is 0.242 e. The number of hydrogen-bond donors (Lipinski definition) is 2. The topological polar surface area (TPSA) is 75.4 Å². The number of carbonyl (C=O) groups excluding carboxylic acids is 2. The van der Waals surface area contributed by atoms with E-state index in [-0.39, 0.29) is 30.4 Å². The van der Waals surface area contributed by atoms with Crippen LogP contribution in [0.2, 0.25) is 0 Å². The highest BCUT2D eigenvalue weighted by Gasteiger charge is 2.28. The largest absolute Gasteiger partial charge is 0.347 e. The van der Waals surface area contributed by atoms with Crippen LogP contribution >= 0.6 is 0 Å². The van der Waals surface area contributed by atoms with Crippen LogP contribution < -0.4 is 11.1 Å². The summed E-state index contributed by atoms with van der Waals surface area (Å²) in [5, 5.41) is 2.67. The molecule has 1 aliphatic heterocycles. The van der Waals surface area contributed by atoms with Gasteiger partial charge in [-0.25, -0.2) is 0 Å². The molecule has 0 radical (unpaired) electrons. The van der Waals surface area contributed by atoms with Crippen molar-refractivity contribution < 1.29 is 9.59 Å². The summed E-state index contributed by atoms with van der Waals surface area (Å²) in [5.41, 5.74) is 5.92. The zero-order valence-electron chi connectivity index (χ0n) is 11.4. The van der Waals surface area contributed by atoms with Crippen molar-refractivity contribution in [3.63, 3.8) is 0 Å².